The summed E-state index contributed by atoms with van der Waals surface area (Å²) in [5.74, 6) is 0.420. The molecule has 6 nitrogen and oxygen atoms in total. The van der Waals surface area contributed by atoms with Gasteiger partial charge in [0, 0.05) is 23.7 Å². The van der Waals surface area contributed by atoms with E-state index in [-0.39, 0.29) is 11.8 Å². The Morgan fingerprint density at radius 1 is 1.24 bits per heavy atom. The van der Waals surface area contributed by atoms with E-state index in [1.807, 2.05) is 0 Å². The predicted molar refractivity (Wildman–Crippen MR) is 99.4 cm³/mol. The van der Waals surface area contributed by atoms with Crippen LogP contribution in [0, 0.1) is 0 Å². The number of thiol groups is 1. The summed E-state index contributed by atoms with van der Waals surface area (Å²) >= 11 is 4.24. The summed E-state index contributed by atoms with van der Waals surface area (Å²) < 4.78 is 5.79. The van der Waals surface area contributed by atoms with Crippen molar-refractivity contribution in [1.29, 1.82) is 0 Å². The van der Waals surface area contributed by atoms with Crippen molar-refractivity contribution in [1.82, 2.24) is 10.6 Å². The summed E-state index contributed by atoms with van der Waals surface area (Å²) in [6, 6.07) is 11.9. The molecule has 1 aliphatic heterocycles. The van der Waals surface area contributed by atoms with Crippen LogP contribution >= 0.6 is 12.6 Å². The van der Waals surface area contributed by atoms with Gasteiger partial charge in [0.25, 0.3) is 11.8 Å². The summed E-state index contributed by atoms with van der Waals surface area (Å²) in [4.78, 5) is 25.3. The molecule has 0 saturated carbocycles. The van der Waals surface area contributed by atoms with Crippen LogP contribution in [0.5, 0.6) is 11.5 Å². The molecule has 0 atom stereocenters. The molecule has 0 radical (unpaired) electrons. The van der Waals surface area contributed by atoms with Crippen LogP contribution in [-0.2, 0) is 0 Å². The van der Waals surface area contributed by atoms with Crippen molar-refractivity contribution < 1.29 is 14.3 Å². The van der Waals surface area contributed by atoms with Gasteiger partial charge in [0.2, 0.25) is 0 Å². The first-order chi connectivity index (χ1) is 12.1. The zero-order valence-electron chi connectivity index (χ0n) is 13.5. The molecule has 7 heteroatoms. The Kier molecular flexibility index (Phi) is 4.95. The Labute approximate surface area is 150 Å². The molecular formula is C18H17N3O3S. The molecule has 0 spiro atoms. The summed E-state index contributed by atoms with van der Waals surface area (Å²) in [6.07, 6.45) is 1.69. The second-order valence-electron chi connectivity index (χ2n) is 5.37. The van der Waals surface area contributed by atoms with Gasteiger partial charge in [-0.1, -0.05) is 12.1 Å². The molecule has 128 valence electrons. The van der Waals surface area contributed by atoms with Crippen molar-refractivity contribution in [2.45, 2.75) is 0 Å². The molecule has 0 saturated heterocycles. The molecule has 2 aromatic rings. The highest BCUT2D eigenvalue weighted by Crippen LogP contribution is 2.35. The normalized spacial score (nSPS) is 12.9. The summed E-state index contributed by atoms with van der Waals surface area (Å²) in [6.45, 7) is 0.300. The van der Waals surface area contributed by atoms with Gasteiger partial charge in [0.15, 0.2) is 5.75 Å². The Balaban J connectivity index is 1.81. The first-order valence-electron chi connectivity index (χ1n) is 7.64. The molecule has 3 N–H and O–H groups in total. The average Bonchev–Trinajstić information content (AvgIpc) is 2.75. The molecular weight excluding hydrogens is 338 g/mol. The van der Waals surface area contributed by atoms with Gasteiger partial charge in [-0.05, 0) is 30.3 Å². The Morgan fingerprint density at radius 3 is 2.84 bits per heavy atom. The summed E-state index contributed by atoms with van der Waals surface area (Å²) in [5, 5.41) is 8.37. The number of hydrogen-bond donors (Lipinski definition) is 4. The number of fused-ring (bicyclic) bond motifs is 2. The van der Waals surface area contributed by atoms with Gasteiger partial charge in [0.1, 0.15) is 5.75 Å². The van der Waals surface area contributed by atoms with Gasteiger partial charge < -0.3 is 20.7 Å². The number of hydrogen-bond acceptors (Lipinski definition) is 5. The van der Waals surface area contributed by atoms with Crippen LogP contribution in [0.25, 0.3) is 0 Å². The largest absolute Gasteiger partial charge is 0.454 e. The van der Waals surface area contributed by atoms with Gasteiger partial charge in [-0.3, -0.25) is 9.59 Å². The molecule has 0 aromatic heterocycles. The minimum absolute atomic E-state index is 0.269. The van der Waals surface area contributed by atoms with Crippen LogP contribution in [0.2, 0.25) is 0 Å². The second-order valence-corrected chi connectivity index (χ2v) is 5.94. The average molecular weight is 355 g/mol. The van der Waals surface area contributed by atoms with Crippen LogP contribution in [0.1, 0.15) is 20.7 Å². The second kappa shape index (κ2) is 7.31. The third-order valence-electron chi connectivity index (χ3n) is 3.58. The molecule has 2 amide bonds. The fourth-order valence-electron chi connectivity index (χ4n) is 2.40. The molecule has 1 heterocycles. The van der Waals surface area contributed by atoms with E-state index in [0.29, 0.717) is 39.8 Å². The Hall–Kier alpha value is -2.93. The van der Waals surface area contributed by atoms with Crippen LogP contribution in [-0.4, -0.2) is 25.4 Å². The number of nitrogens with one attached hydrogen (secondary N) is 3. The molecule has 3 rings (SSSR count). The van der Waals surface area contributed by atoms with Crippen LogP contribution in [0.4, 0.5) is 5.69 Å². The number of rotatable bonds is 4. The predicted octanol–water partition coefficient (Wildman–Crippen LogP) is 2.77. The SMILES string of the molecule is CN/C=C(\S)CNC(=O)c1ccc2c(c1)NC(=O)c1ccccc1O2. The summed E-state index contributed by atoms with van der Waals surface area (Å²) in [5.41, 5.74) is 1.31. The zero-order valence-corrected chi connectivity index (χ0v) is 14.4. The van der Waals surface area contributed by atoms with E-state index in [4.69, 9.17) is 4.74 Å². The number of anilines is 1. The lowest BCUT2D eigenvalue weighted by Crippen LogP contribution is -2.25. The molecule has 2 aromatic carbocycles. The van der Waals surface area contributed by atoms with Gasteiger partial charge in [-0.25, -0.2) is 0 Å². The lowest BCUT2D eigenvalue weighted by molar-refractivity contribution is 0.0956. The van der Waals surface area contributed by atoms with E-state index < -0.39 is 0 Å². The van der Waals surface area contributed by atoms with E-state index in [0.717, 1.165) is 0 Å². The van der Waals surface area contributed by atoms with Crippen LogP contribution in [0.3, 0.4) is 0 Å². The van der Waals surface area contributed by atoms with E-state index in [1.165, 1.54) is 0 Å². The highest BCUT2D eigenvalue weighted by Gasteiger charge is 2.21. The van der Waals surface area contributed by atoms with E-state index in [9.17, 15) is 9.59 Å². The van der Waals surface area contributed by atoms with E-state index in [2.05, 4.69) is 28.6 Å². The van der Waals surface area contributed by atoms with Crippen molar-refractivity contribution in [3.8, 4) is 11.5 Å². The highest BCUT2D eigenvalue weighted by molar-refractivity contribution is 7.84. The maximum atomic E-state index is 12.3. The smallest absolute Gasteiger partial charge is 0.259 e. The van der Waals surface area contributed by atoms with Gasteiger partial charge in [-0.2, -0.15) is 0 Å². The maximum Gasteiger partial charge on any atom is 0.259 e. The lowest BCUT2D eigenvalue weighted by Gasteiger charge is -2.10. The topological polar surface area (TPSA) is 79.5 Å². The lowest BCUT2D eigenvalue weighted by atomic mass is 10.1. The van der Waals surface area contributed by atoms with Crippen molar-refractivity contribution in [2.75, 3.05) is 18.9 Å². The van der Waals surface area contributed by atoms with E-state index in [1.54, 1.807) is 55.7 Å². The highest BCUT2D eigenvalue weighted by atomic mass is 32.1. The molecule has 0 unspecified atom stereocenters. The monoisotopic (exact) mass is 355 g/mol. The molecule has 0 bridgehead atoms. The number of carbonyl (C=O) groups is 2. The van der Waals surface area contributed by atoms with Gasteiger partial charge in [-0.15, -0.1) is 12.6 Å². The van der Waals surface area contributed by atoms with Gasteiger partial charge in [0.05, 0.1) is 17.8 Å². The van der Waals surface area contributed by atoms with Crippen LogP contribution in [0.15, 0.2) is 53.6 Å². The standard InChI is InChI=1S/C18H17N3O3S/c1-19-9-12(25)10-20-17(22)11-6-7-16-14(8-11)21-18(23)13-4-2-3-5-15(13)24-16/h2-9,19,25H,10H2,1H3,(H,20,22)(H,21,23)/b12-9-. The number of benzene rings is 2. The van der Waals surface area contributed by atoms with Crippen molar-refractivity contribution in [3.05, 3.63) is 64.7 Å². The van der Waals surface area contributed by atoms with E-state index >= 15 is 0 Å². The first kappa shape index (κ1) is 16.9. The van der Waals surface area contributed by atoms with Gasteiger partial charge >= 0.3 is 0 Å². The maximum absolute atomic E-state index is 12.3. The zero-order chi connectivity index (χ0) is 17.8. The third-order valence-corrected chi connectivity index (χ3v) is 3.87. The minimum Gasteiger partial charge on any atom is -0.454 e. The quantitative estimate of drug-likeness (QED) is 0.636. The van der Waals surface area contributed by atoms with Crippen molar-refractivity contribution in [3.63, 3.8) is 0 Å². The molecule has 25 heavy (non-hydrogen) atoms. The fraction of sp³-hybridized carbons (Fsp3) is 0.111. The summed E-state index contributed by atoms with van der Waals surface area (Å²) in [7, 11) is 1.76. The molecule has 1 aliphatic rings. The molecule has 0 aliphatic carbocycles. The Bertz CT molecular complexity index is 864. The fourth-order valence-corrected chi connectivity index (χ4v) is 2.61. The minimum atomic E-state index is -0.276. The van der Waals surface area contributed by atoms with Crippen molar-refractivity contribution in [2.24, 2.45) is 0 Å². The van der Waals surface area contributed by atoms with Crippen LogP contribution < -0.4 is 20.7 Å². The Morgan fingerprint density at radius 2 is 2.04 bits per heavy atom. The first-order valence-corrected chi connectivity index (χ1v) is 8.09. The number of carbonyl (C=O) groups excluding carboxylic acids is 2. The third kappa shape index (κ3) is 3.77. The van der Waals surface area contributed by atoms with Crippen molar-refractivity contribution >= 4 is 30.1 Å². The number of amides is 2. The molecule has 0 fully saturated rings. The number of ether oxygens (including phenoxy) is 1. The number of para-hydroxylation sites is 1.